The number of carbonyl (C=O) groups excluding carboxylic acids is 1. The molecule has 0 unspecified atom stereocenters. The van der Waals surface area contributed by atoms with E-state index in [9.17, 15) is 9.90 Å². The van der Waals surface area contributed by atoms with Crippen LogP contribution in [0.3, 0.4) is 0 Å². The number of furan rings is 1. The minimum Gasteiger partial charge on any atom is -0.508 e. The van der Waals surface area contributed by atoms with Crippen molar-refractivity contribution in [1.29, 1.82) is 0 Å². The zero-order valence-electron chi connectivity index (χ0n) is 15.5. The molecule has 150 valence electrons. The highest BCUT2D eigenvalue weighted by Gasteiger charge is 2.35. The number of fused-ring (bicyclic) bond motifs is 1. The lowest BCUT2D eigenvalue weighted by atomic mass is 9.88. The van der Waals surface area contributed by atoms with Crippen molar-refractivity contribution in [3.8, 4) is 5.75 Å². The van der Waals surface area contributed by atoms with E-state index in [1.807, 2.05) is 0 Å². The molecule has 1 heterocycles. The average molecular weight is 411 g/mol. The Morgan fingerprint density at radius 1 is 1.15 bits per heavy atom. The second-order valence-corrected chi connectivity index (χ2v) is 6.80. The zero-order chi connectivity index (χ0) is 17.6. The highest BCUT2D eigenvalue weighted by Crippen LogP contribution is 2.41. The predicted molar refractivity (Wildman–Crippen MR) is 106 cm³/mol. The lowest BCUT2D eigenvalue weighted by molar-refractivity contribution is 0.0523. The molecule has 1 aromatic carbocycles. The van der Waals surface area contributed by atoms with Gasteiger partial charge in [-0.3, -0.25) is 0 Å². The molecule has 0 aliphatic rings. The molecule has 0 bridgehead atoms. The number of halogens is 2. The van der Waals surface area contributed by atoms with E-state index in [1.54, 1.807) is 40.7 Å². The number of phenols is 1. The molecule has 2 aromatic rings. The number of phenolic OH excluding ortho intramolecular Hbond substituents is 1. The lowest BCUT2D eigenvalue weighted by Crippen LogP contribution is -2.31. The van der Waals surface area contributed by atoms with Crippen molar-refractivity contribution in [3.63, 3.8) is 0 Å². The summed E-state index contributed by atoms with van der Waals surface area (Å²) in [6.07, 6.45) is 0. The number of aromatic hydroxyl groups is 1. The van der Waals surface area contributed by atoms with Crippen molar-refractivity contribution in [2.75, 3.05) is 6.61 Å². The van der Waals surface area contributed by atoms with E-state index in [0.717, 1.165) is 0 Å². The quantitative estimate of drug-likeness (QED) is 0.660. The molecule has 0 spiro atoms. The maximum atomic E-state index is 12.5. The molecule has 0 amide bonds. The smallest absolute Gasteiger partial charge is 0.342 e. The van der Waals surface area contributed by atoms with E-state index >= 15 is 0 Å². The standard InChI is InChI=1S/C17H24N2O4.2ClH.H2O/c1-6-22-15(21)12-11-10(23-14(12)17(4,5)19)8-7-9(20)13(11)16(2,3)18;;;/h7-8,20H,6,18-19H2,1-5H3;2*1H;1H2. The molecule has 7 nitrogen and oxygen atoms in total. The van der Waals surface area contributed by atoms with E-state index in [1.165, 1.54) is 6.07 Å². The Balaban J connectivity index is 0. The summed E-state index contributed by atoms with van der Waals surface area (Å²) in [6.45, 7) is 8.91. The van der Waals surface area contributed by atoms with E-state index in [-0.39, 0.29) is 48.2 Å². The lowest BCUT2D eigenvalue weighted by Gasteiger charge is -2.22. The maximum Gasteiger partial charge on any atom is 0.342 e. The summed E-state index contributed by atoms with van der Waals surface area (Å²) in [5, 5.41) is 10.7. The molecule has 0 atom stereocenters. The molecule has 0 aliphatic heterocycles. The van der Waals surface area contributed by atoms with E-state index < -0.39 is 17.0 Å². The van der Waals surface area contributed by atoms with Gasteiger partial charge in [-0.05, 0) is 46.8 Å². The third-order valence-electron chi connectivity index (χ3n) is 3.54. The van der Waals surface area contributed by atoms with Crippen LogP contribution in [0.5, 0.6) is 5.75 Å². The normalized spacial score (nSPS) is 11.2. The monoisotopic (exact) mass is 410 g/mol. The fraction of sp³-hybridized carbons (Fsp3) is 0.471. The van der Waals surface area contributed by atoms with E-state index in [4.69, 9.17) is 20.6 Å². The summed E-state index contributed by atoms with van der Waals surface area (Å²) in [5.74, 6) is -0.240. The van der Waals surface area contributed by atoms with Crippen LogP contribution in [0.2, 0.25) is 0 Å². The summed E-state index contributed by atoms with van der Waals surface area (Å²) < 4.78 is 11.0. The molecular weight excluding hydrogens is 383 g/mol. The second-order valence-electron chi connectivity index (χ2n) is 6.80. The van der Waals surface area contributed by atoms with Gasteiger partial charge in [-0.25, -0.2) is 4.79 Å². The Morgan fingerprint density at radius 3 is 2.12 bits per heavy atom. The van der Waals surface area contributed by atoms with Gasteiger partial charge in [-0.15, -0.1) is 24.8 Å². The zero-order valence-corrected chi connectivity index (χ0v) is 17.1. The van der Waals surface area contributed by atoms with Crippen LogP contribution in [0, 0.1) is 0 Å². The van der Waals surface area contributed by atoms with Crippen molar-refractivity contribution >= 4 is 41.8 Å². The van der Waals surface area contributed by atoms with Crippen molar-refractivity contribution in [2.24, 2.45) is 11.5 Å². The minimum atomic E-state index is -0.896. The van der Waals surface area contributed by atoms with Crippen LogP contribution >= 0.6 is 24.8 Å². The number of ether oxygens (including phenoxy) is 1. The summed E-state index contributed by atoms with van der Waals surface area (Å²) in [6, 6.07) is 3.09. The van der Waals surface area contributed by atoms with Gasteiger partial charge in [0.15, 0.2) is 0 Å². The highest BCUT2D eigenvalue weighted by molar-refractivity contribution is 6.07. The number of carbonyl (C=O) groups is 1. The number of hydrogen-bond acceptors (Lipinski definition) is 6. The van der Waals surface area contributed by atoms with Gasteiger partial charge in [0.2, 0.25) is 0 Å². The van der Waals surface area contributed by atoms with Crippen molar-refractivity contribution in [2.45, 2.75) is 45.7 Å². The Morgan fingerprint density at radius 2 is 1.69 bits per heavy atom. The van der Waals surface area contributed by atoms with Crippen molar-refractivity contribution in [3.05, 3.63) is 29.0 Å². The van der Waals surface area contributed by atoms with Crippen LogP contribution in [0.1, 0.15) is 56.3 Å². The first-order valence-corrected chi connectivity index (χ1v) is 7.52. The number of esters is 1. The molecule has 9 heteroatoms. The van der Waals surface area contributed by atoms with Gasteiger partial charge < -0.3 is 31.2 Å². The number of rotatable bonds is 4. The SMILES string of the molecule is CCOC(=O)c1c(C(C)(C)N)oc2ccc(O)c(C(C)(C)N)c12.Cl.Cl.O. The Bertz CT molecular complexity index is 761. The molecule has 26 heavy (non-hydrogen) atoms. The van der Waals surface area contributed by atoms with Crippen LogP contribution in [0.15, 0.2) is 16.5 Å². The summed E-state index contributed by atoms with van der Waals surface area (Å²) >= 11 is 0. The first-order chi connectivity index (χ1) is 10.5. The van der Waals surface area contributed by atoms with Gasteiger partial charge in [0.25, 0.3) is 0 Å². The molecule has 2 rings (SSSR count). The van der Waals surface area contributed by atoms with Crippen LogP contribution < -0.4 is 11.5 Å². The minimum absolute atomic E-state index is 0. The Kier molecular flexibility index (Phi) is 9.17. The number of benzene rings is 1. The van der Waals surface area contributed by atoms with Crippen LogP contribution in [0.4, 0.5) is 0 Å². The third kappa shape index (κ3) is 4.81. The van der Waals surface area contributed by atoms with Gasteiger partial charge in [0, 0.05) is 16.5 Å². The highest BCUT2D eigenvalue weighted by atomic mass is 35.5. The van der Waals surface area contributed by atoms with Gasteiger partial charge in [-0.2, -0.15) is 0 Å². The molecule has 0 saturated heterocycles. The summed E-state index contributed by atoms with van der Waals surface area (Å²) in [5.41, 5.74) is 11.7. The summed E-state index contributed by atoms with van der Waals surface area (Å²) in [7, 11) is 0. The van der Waals surface area contributed by atoms with E-state index in [2.05, 4.69) is 0 Å². The molecule has 0 saturated carbocycles. The fourth-order valence-corrected chi connectivity index (χ4v) is 2.68. The van der Waals surface area contributed by atoms with Crippen molar-refractivity contribution < 1.29 is 24.5 Å². The summed E-state index contributed by atoms with van der Waals surface area (Å²) in [4.78, 5) is 12.5. The molecule has 0 aliphatic carbocycles. The topological polar surface area (TPSA) is 143 Å². The Hall–Kier alpha value is -1.51. The van der Waals surface area contributed by atoms with Gasteiger partial charge >= 0.3 is 5.97 Å². The van der Waals surface area contributed by atoms with Crippen LogP contribution in [-0.4, -0.2) is 23.2 Å². The molecule has 7 N–H and O–H groups in total. The fourth-order valence-electron chi connectivity index (χ4n) is 2.68. The van der Waals surface area contributed by atoms with Crippen molar-refractivity contribution in [1.82, 2.24) is 0 Å². The second kappa shape index (κ2) is 8.92. The van der Waals surface area contributed by atoms with Gasteiger partial charge in [0.1, 0.15) is 22.7 Å². The third-order valence-corrected chi connectivity index (χ3v) is 3.54. The number of hydrogen-bond donors (Lipinski definition) is 3. The first-order valence-electron chi connectivity index (χ1n) is 7.52. The predicted octanol–water partition coefficient (Wildman–Crippen LogP) is 2.72. The first kappa shape index (κ1) is 26.7. The molecular formula is C17H28Cl2N2O5. The molecule has 1 aromatic heterocycles. The Labute approximate surface area is 165 Å². The van der Waals surface area contributed by atoms with E-state index in [0.29, 0.717) is 22.3 Å². The largest absolute Gasteiger partial charge is 0.508 e. The van der Waals surface area contributed by atoms with Crippen LogP contribution in [0.25, 0.3) is 11.0 Å². The van der Waals surface area contributed by atoms with Gasteiger partial charge in [0.05, 0.1) is 12.1 Å². The molecule has 0 fully saturated rings. The maximum absolute atomic E-state index is 12.5. The van der Waals surface area contributed by atoms with Crippen LogP contribution in [-0.2, 0) is 15.8 Å². The number of nitrogens with two attached hydrogens (primary N) is 2. The molecule has 0 radical (unpaired) electrons. The average Bonchev–Trinajstić information content (AvgIpc) is 2.76. The van der Waals surface area contributed by atoms with Gasteiger partial charge in [-0.1, -0.05) is 0 Å².